The summed E-state index contributed by atoms with van der Waals surface area (Å²) in [4.78, 5) is 14.4. The Labute approximate surface area is 174 Å². The van der Waals surface area contributed by atoms with Crippen LogP contribution in [0.15, 0.2) is 65.8 Å². The molecule has 1 saturated heterocycles. The van der Waals surface area contributed by atoms with Gasteiger partial charge in [-0.05, 0) is 25.0 Å². The number of para-hydroxylation sites is 1. The fraction of sp³-hybridized carbons (Fsp3) is 0.318. The van der Waals surface area contributed by atoms with E-state index in [2.05, 4.69) is 10.2 Å². The number of hydrogen-bond acceptors (Lipinski definition) is 5. The van der Waals surface area contributed by atoms with E-state index in [1.54, 1.807) is 4.90 Å². The van der Waals surface area contributed by atoms with Crippen molar-refractivity contribution in [1.29, 1.82) is 0 Å². The summed E-state index contributed by atoms with van der Waals surface area (Å²) in [6.07, 6.45) is 2.25. The highest BCUT2D eigenvalue weighted by atomic mass is 32.2. The van der Waals surface area contributed by atoms with Crippen molar-refractivity contribution in [2.75, 3.05) is 26.0 Å². The molecule has 1 atom stereocenters. The first kappa shape index (κ1) is 19.7. The smallest absolute Gasteiger partial charge is 0.232 e. The Morgan fingerprint density at radius 1 is 1.14 bits per heavy atom. The molecule has 0 bridgehead atoms. The zero-order valence-electron chi connectivity index (χ0n) is 16.4. The number of nitrogens with zero attached hydrogens (tertiary/aromatic N) is 4. The number of thioether (sulfide) groups is 1. The Balaban J connectivity index is 1.53. The second-order valence-corrected chi connectivity index (χ2v) is 7.98. The summed E-state index contributed by atoms with van der Waals surface area (Å²) in [5.41, 5.74) is 1.96. The van der Waals surface area contributed by atoms with Crippen molar-refractivity contribution in [2.24, 2.45) is 0 Å². The molecule has 1 aliphatic rings. The highest BCUT2D eigenvalue weighted by molar-refractivity contribution is 7.99. The first-order chi connectivity index (χ1) is 14.2. The molecule has 29 heavy (non-hydrogen) atoms. The van der Waals surface area contributed by atoms with Crippen LogP contribution in [0.3, 0.4) is 0 Å². The summed E-state index contributed by atoms with van der Waals surface area (Å²) in [6.45, 7) is 1.43. The van der Waals surface area contributed by atoms with Crippen LogP contribution in [0.4, 0.5) is 0 Å². The molecule has 0 saturated carbocycles. The van der Waals surface area contributed by atoms with E-state index in [1.165, 1.54) is 11.8 Å². The van der Waals surface area contributed by atoms with Crippen molar-refractivity contribution in [1.82, 2.24) is 19.7 Å². The van der Waals surface area contributed by atoms with Crippen LogP contribution >= 0.6 is 11.8 Å². The molecule has 2 heterocycles. The highest BCUT2D eigenvalue weighted by Crippen LogP contribution is 2.28. The van der Waals surface area contributed by atoms with E-state index in [9.17, 15) is 4.79 Å². The molecule has 1 aliphatic heterocycles. The highest BCUT2D eigenvalue weighted by Gasteiger charge is 2.22. The van der Waals surface area contributed by atoms with Gasteiger partial charge in [-0.3, -0.25) is 9.36 Å². The molecule has 1 aromatic heterocycles. The molecule has 2 aromatic carbocycles. The maximum Gasteiger partial charge on any atom is 0.232 e. The van der Waals surface area contributed by atoms with Gasteiger partial charge < -0.3 is 9.64 Å². The minimum Gasteiger partial charge on any atom is -0.376 e. The van der Waals surface area contributed by atoms with Crippen molar-refractivity contribution >= 4 is 17.7 Å². The number of aromatic nitrogens is 3. The second-order valence-electron chi connectivity index (χ2n) is 7.04. The van der Waals surface area contributed by atoms with Crippen LogP contribution in [0, 0.1) is 0 Å². The monoisotopic (exact) mass is 408 g/mol. The van der Waals surface area contributed by atoms with Crippen LogP contribution < -0.4 is 0 Å². The third-order valence-electron chi connectivity index (χ3n) is 4.93. The number of likely N-dealkylation sites (N-methyl/N-ethyl adjacent to an activating group) is 1. The Hall–Kier alpha value is -2.64. The molecule has 0 N–H and O–H groups in total. The molecular formula is C22H24N4O2S. The van der Waals surface area contributed by atoms with Gasteiger partial charge in [0, 0.05) is 31.5 Å². The molecule has 0 spiro atoms. The van der Waals surface area contributed by atoms with E-state index in [1.807, 2.05) is 72.3 Å². The van der Waals surface area contributed by atoms with Crippen molar-refractivity contribution in [3.05, 3.63) is 60.7 Å². The number of hydrogen-bond donors (Lipinski definition) is 0. The zero-order valence-corrected chi connectivity index (χ0v) is 17.2. The average molecular weight is 409 g/mol. The van der Waals surface area contributed by atoms with Gasteiger partial charge in [0.05, 0.1) is 11.9 Å². The van der Waals surface area contributed by atoms with E-state index in [4.69, 9.17) is 4.74 Å². The molecule has 7 heteroatoms. The first-order valence-corrected chi connectivity index (χ1v) is 10.8. The lowest BCUT2D eigenvalue weighted by atomic mass is 10.2. The van der Waals surface area contributed by atoms with Gasteiger partial charge in [0.1, 0.15) is 0 Å². The fourth-order valence-corrected chi connectivity index (χ4v) is 4.27. The largest absolute Gasteiger partial charge is 0.376 e. The average Bonchev–Trinajstić information content (AvgIpc) is 3.43. The molecule has 0 radical (unpaired) electrons. The van der Waals surface area contributed by atoms with E-state index in [0.29, 0.717) is 17.5 Å². The number of rotatable bonds is 7. The van der Waals surface area contributed by atoms with Gasteiger partial charge in [0.15, 0.2) is 11.0 Å². The first-order valence-electron chi connectivity index (χ1n) is 9.77. The van der Waals surface area contributed by atoms with E-state index >= 15 is 0 Å². The lowest BCUT2D eigenvalue weighted by Gasteiger charge is -2.20. The van der Waals surface area contributed by atoms with Crippen LogP contribution in [0.2, 0.25) is 0 Å². The summed E-state index contributed by atoms with van der Waals surface area (Å²) >= 11 is 1.41. The molecule has 1 amide bonds. The predicted octanol–water partition coefficient (Wildman–Crippen LogP) is 3.66. The molecular weight excluding hydrogens is 384 g/mol. The van der Waals surface area contributed by atoms with Gasteiger partial charge >= 0.3 is 0 Å². The van der Waals surface area contributed by atoms with E-state index in [0.717, 1.165) is 36.5 Å². The van der Waals surface area contributed by atoms with Gasteiger partial charge in [0.2, 0.25) is 5.91 Å². The fourth-order valence-electron chi connectivity index (χ4n) is 3.38. The van der Waals surface area contributed by atoms with E-state index in [-0.39, 0.29) is 12.0 Å². The van der Waals surface area contributed by atoms with Crippen LogP contribution in [-0.4, -0.2) is 57.6 Å². The third kappa shape index (κ3) is 4.68. The van der Waals surface area contributed by atoms with Crippen LogP contribution in [0.25, 0.3) is 17.1 Å². The minimum absolute atomic E-state index is 0.0642. The van der Waals surface area contributed by atoms with Crippen molar-refractivity contribution in [3.63, 3.8) is 0 Å². The van der Waals surface area contributed by atoms with Crippen molar-refractivity contribution in [2.45, 2.75) is 24.1 Å². The predicted molar refractivity (Wildman–Crippen MR) is 114 cm³/mol. The van der Waals surface area contributed by atoms with Gasteiger partial charge in [-0.15, -0.1) is 10.2 Å². The summed E-state index contributed by atoms with van der Waals surface area (Å²) in [5.74, 6) is 1.14. The second kappa shape index (κ2) is 9.24. The Kier molecular flexibility index (Phi) is 6.27. The third-order valence-corrected chi connectivity index (χ3v) is 5.85. The van der Waals surface area contributed by atoms with Crippen molar-refractivity contribution in [3.8, 4) is 17.1 Å². The lowest BCUT2D eigenvalue weighted by molar-refractivity contribution is -0.128. The van der Waals surface area contributed by atoms with Gasteiger partial charge in [-0.2, -0.15) is 0 Å². The van der Waals surface area contributed by atoms with Gasteiger partial charge in [0.25, 0.3) is 0 Å². The summed E-state index contributed by atoms with van der Waals surface area (Å²) in [7, 11) is 1.84. The number of carbonyl (C=O) groups excluding carboxylic acids is 1. The molecule has 4 rings (SSSR count). The Morgan fingerprint density at radius 3 is 2.55 bits per heavy atom. The Bertz CT molecular complexity index is 940. The zero-order chi connectivity index (χ0) is 20.1. The number of amides is 1. The summed E-state index contributed by atoms with van der Waals surface area (Å²) < 4.78 is 7.65. The van der Waals surface area contributed by atoms with Crippen LogP contribution in [-0.2, 0) is 9.53 Å². The summed E-state index contributed by atoms with van der Waals surface area (Å²) in [6, 6.07) is 20.0. The van der Waals surface area contributed by atoms with Gasteiger partial charge in [-0.25, -0.2) is 0 Å². The molecule has 150 valence electrons. The Morgan fingerprint density at radius 2 is 1.86 bits per heavy atom. The summed E-state index contributed by atoms with van der Waals surface area (Å²) in [5, 5.41) is 9.50. The molecule has 0 aliphatic carbocycles. The molecule has 1 unspecified atom stereocenters. The number of ether oxygens (including phenoxy) is 1. The van der Waals surface area contributed by atoms with Gasteiger partial charge in [-0.1, -0.05) is 60.3 Å². The van der Waals surface area contributed by atoms with Crippen LogP contribution in [0.5, 0.6) is 0 Å². The molecule has 6 nitrogen and oxygen atoms in total. The maximum absolute atomic E-state index is 12.6. The molecule has 3 aromatic rings. The standard InChI is InChI=1S/C22H24N4O2S/c1-25(15-19-13-8-14-28-19)20(27)16-29-22-24-23-21(17-9-4-2-5-10-17)26(22)18-11-6-3-7-12-18/h2-7,9-12,19H,8,13-16H2,1H3. The number of benzene rings is 2. The SMILES string of the molecule is CN(CC1CCCO1)C(=O)CSc1nnc(-c2ccccc2)n1-c1ccccc1. The lowest BCUT2D eigenvalue weighted by Crippen LogP contribution is -2.35. The number of carbonyl (C=O) groups is 1. The minimum atomic E-state index is 0.0642. The van der Waals surface area contributed by atoms with Crippen LogP contribution in [0.1, 0.15) is 12.8 Å². The topological polar surface area (TPSA) is 60.2 Å². The molecule has 1 fully saturated rings. The van der Waals surface area contributed by atoms with Crippen molar-refractivity contribution < 1.29 is 9.53 Å². The van der Waals surface area contributed by atoms with E-state index < -0.39 is 0 Å². The quantitative estimate of drug-likeness (QED) is 0.559. The maximum atomic E-state index is 12.6. The normalized spacial score (nSPS) is 16.1.